The van der Waals surface area contributed by atoms with E-state index in [0.29, 0.717) is 5.69 Å². The Morgan fingerprint density at radius 2 is 1.65 bits per heavy atom. The summed E-state index contributed by atoms with van der Waals surface area (Å²) in [5, 5.41) is 5.67. The van der Waals surface area contributed by atoms with Gasteiger partial charge in [-0.3, -0.25) is 9.59 Å². The largest absolute Gasteiger partial charge is 0.329 e. The molecular formula is C15H21N3O2. The average molecular weight is 275 g/mol. The van der Waals surface area contributed by atoms with Gasteiger partial charge >= 0.3 is 0 Å². The van der Waals surface area contributed by atoms with Crippen LogP contribution >= 0.6 is 0 Å². The summed E-state index contributed by atoms with van der Waals surface area (Å²) in [6, 6.07) is 7.11. The lowest BCUT2D eigenvalue weighted by atomic mass is 9.92. The van der Waals surface area contributed by atoms with Crippen molar-refractivity contribution < 1.29 is 9.59 Å². The highest BCUT2D eigenvalue weighted by molar-refractivity contribution is 5.96. The number of hydrogen-bond acceptors (Lipinski definition) is 3. The van der Waals surface area contributed by atoms with E-state index in [4.69, 9.17) is 5.73 Å². The molecule has 4 N–H and O–H groups in total. The van der Waals surface area contributed by atoms with E-state index in [1.165, 1.54) is 0 Å². The van der Waals surface area contributed by atoms with E-state index in [-0.39, 0.29) is 24.3 Å². The topological polar surface area (TPSA) is 84.2 Å². The molecule has 20 heavy (non-hydrogen) atoms. The molecule has 1 fully saturated rings. The van der Waals surface area contributed by atoms with Crippen molar-refractivity contribution in [2.45, 2.75) is 26.7 Å². The van der Waals surface area contributed by atoms with E-state index >= 15 is 0 Å². The number of carbonyl (C=O) groups excluding carboxylic acids is 2. The standard InChI is InChI=1S/C15H21N3O2/c1-15(2,9-16)14(20)18-12-7-5-11(6-8-12)17-13(19)10-3-4-10/h5-8,10H,3-4,9,16H2,1-2H3,(H,17,19)(H,18,20). The Balaban J connectivity index is 1.94. The lowest BCUT2D eigenvalue weighted by Gasteiger charge is -2.21. The second-order valence-electron chi connectivity index (χ2n) is 5.88. The molecule has 1 aliphatic carbocycles. The van der Waals surface area contributed by atoms with E-state index < -0.39 is 5.41 Å². The molecule has 0 unspecified atom stereocenters. The summed E-state index contributed by atoms with van der Waals surface area (Å²) in [6.45, 7) is 3.88. The number of carbonyl (C=O) groups is 2. The first-order valence-corrected chi connectivity index (χ1v) is 6.85. The predicted molar refractivity (Wildman–Crippen MR) is 79.3 cm³/mol. The highest BCUT2D eigenvalue weighted by Crippen LogP contribution is 2.30. The minimum atomic E-state index is -0.598. The van der Waals surface area contributed by atoms with Crippen LogP contribution in [0.15, 0.2) is 24.3 Å². The maximum Gasteiger partial charge on any atom is 0.231 e. The van der Waals surface area contributed by atoms with Crippen molar-refractivity contribution in [3.05, 3.63) is 24.3 Å². The van der Waals surface area contributed by atoms with Gasteiger partial charge in [0, 0.05) is 23.8 Å². The van der Waals surface area contributed by atoms with Crippen molar-refractivity contribution in [3.63, 3.8) is 0 Å². The molecule has 0 saturated heterocycles. The highest BCUT2D eigenvalue weighted by Gasteiger charge is 2.29. The van der Waals surface area contributed by atoms with Crippen molar-refractivity contribution >= 4 is 23.2 Å². The van der Waals surface area contributed by atoms with Crippen LogP contribution in [0.3, 0.4) is 0 Å². The molecule has 0 aliphatic heterocycles. The van der Waals surface area contributed by atoms with Crippen molar-refractivity contribution in [1.82, 2.24) is 0 Å². The summed E-state index contributed by atoms with van der Waals surface area (Å²) in [7, 11) is 0. The molecule has 0 atom stereocenters. The molecule has 1 aromatic rings. The zero-order chi connectivity index (χ0) is 14.8. The van der Waals surface area contributed by atoms with Gasteiger partial charge in [-0.15, -0.1) is 0 Å². The van der Waals surface area contributed by atoms with Gasteiger partial charge in [0.1, 0.15) is 0 Å². The third-order valence-corrected chi connectivity index (χ3v) is 3.48. The van der Waals surface area contributed by atoms with Gasteiger partial charge in [0.25, 0.3) is 0 Å². The van der Waals surface area contributed by atoms with Gasteiger partial charge in [-0.1, -0.05) is 0 Å². The van der Waals surface area contributed by atoms with E-state index in [0.717, 1.165) is 18.5 Å². The summed E-state index contributed by atoms with van der Waals surface area (Å²) in [4.78, 5) is 23.6. The zero-order valence-electron chi connectivity index (χ0n) is 11.9. The molecule has 1 saturated carbocycles. The lowest BCUT2D eigenvalue weighted by molar-refractivity contribution is -0.123. The van der Waals surface area contributed by atoms with Crippen molar-refractivity contribution in [1.29, 1.82) is 0 Å². The fraction of sp³-hybridized carbons (Fsp3) is 0.467. The lowest BCUT2D eigenvalue weighted by Crippen LogP contribution is -2.37. The van der Waals surface area contributed by atoms with E-state index in [2.05, 4.69) is 10.6 Å². The van der Waals surface area contributed by atoms with Crippen LogP contribution in [0.25, 0.3) is 0 Å². The summed E-state index contributed by atoms with van der Waals surface area (Å²) < 4.78 is 0. The summed E-state index contributed by atoms with van der Waals surface area (Å²) in [5.74, 6) is 0.139. The van der Waals surface area contributed by atoms with Gasteiger partial charge in [-0.05, 0) is 51.0 Å². The summed E-state index contributed by atoms with van der Waals surface area (Å²) in [6.07, 6.45) is 1.96. The van der Waals surface area contributed by atoms with Crippen LogP contribution in [0.2, 0.25) is 0 Å². The number of rotatable bonds is 5. The highest BCUT2D eigenvalue weighted by atomic mass is 16.2. The number of anilines is 2. The summed E-state index contributed by atoms with van der Waals surface area (Å²) in [5.41, 5.74) is 6.41. The molecule has 0 bridgehead atoms. The molecule has 2 rings (SSSR count). The SMILES string of the molecule is CC(C)(CN)C(=O)Nc1ccc(NC(=O)C2CC2)cc1. The van der Waals surface area contributed by atoms with Gasteiger partial charge < -0.3 is 16.4 Å². The molecular weight excluding hydrogens is 254 g/mol. The van der Waals surface area contributed by atoms with Gasteiger partial charge in [0.05, 0.1) is 5.41 Å². The maximum atomic E-state index is 12.0. The Labute approximate surface area is 118 Å². The van der Waals surface area contributed by atoms with Crippen LogP contribution < -0.4 is 16.4 Å². The molecule has 1 aromatic carbocycles. The fourth-order valence-corrected chi connectivity index (χ4v) is 1.62. The Bertz CT molecular complexity index is 504. The molecule has 0 heterocycles. The van der Waals surface area contributed by atoms with Gasteiger partial charge in [-0.2, -0.15) is 0 Å². The second kappa shape index (κ2) is 5.63. The molecule has 0 spiro atoms. The van der Waals surface area contributed by atoms with Crippen molar-refractivity contribution in [3.8, 4) is 0 Å². The number of benzene rings is 1. The van der Waals surface area contributed by atoms with Crippen molar-refractivity contribution in [2.24, 2.45) is 17.1 Å². The Morgan fingerprint density at radius 1 is 1.15 bits per heavy atom. The van der Waals surface area contributed by atoms with Gasteiger partial charge in [0.15, 0.2) is 0 Å². The van der Waals surface area contributed by atoms with Gasteiger partial charge in [-0.25, -0.2) is 0 Å². The molecule has 5 nitrogen and oxygen atoms in total. The van der Waals surface area contributed by atoms with E-state index in [9.17, 15) is 9.59 Å². The Morgan fingerprint density at radius 3 is 2.10 bits per heavy atom. The smallest absolute Gasteiger partial charge is 0.231 e. The van der Waals surface area contributed by atoms with Crippen LogP contribution in [0.4, 0.5) is 11.4 Å². The van der Waals surface area contributed by atoms with Crippen LogP contribution in [0.1, 0.15) is 26.7 Å². The fourth-order valence-electron chi connectivity index (χ4n) is 1.62. The van der Waals surface area contributed by atoms with Crippen molar-refractivity contribution in [2.75, 3.05) is 17.2 Å². The minimum absolute atomic E-state index is 0.0750. The maximum absolute atomic E-state index is 12.0. The first kappa shape index (κ1) is 14.5. The average Bonchev–Trinajstić information content (AvgIpc) is 3.25. The normalized spacial score (nSPS) is 14.8. The van der Waals surface area contributed by atoms with Crippen LogP contribution in [0, 0.1) is 11.3 Å². The number of nitrogens with one attached hydrogen (secondary N) is 2. The molecule has 0 aromatic heterocycles. The van der Waals surface area contributed by atoms with Gasteiger partial charge in [0.2, 0.25) is 11.8 Å². The number of amides is 2. The molecule has 2 amide bonds. The Hall–Kier alpha value is -1.88. The number of hydrogen-bond donors (Lipinski definition) is 3. The monoisotopic (exact) mass is 275 g/mol. The molecule has 5 heteroatoms. The van der Waals surface area contributed by atoms with E-state index in [1.54, 1.807) is 38.1 Å². The third-order valence-electron chi connectivity index (χ3n) is 3.48. The molecule has 0 radical (unpaired) electrons. The molecule has 108 valence electrons. The van der Waals surface area contributed by atoms with Crippen LogP contribution in [0.5, 0.6) is 0 Å². The number of nitrogens with two attached hydrogens (primary N) is 1. The van der Waals surface area contributed by atoms with E-state index in [1.807, 2.05) is 0 Å². The first-order valence-electron chi connectivity index (χ1n) is 6.85. The second-order valence-corrected chi connectivity index (χ2v) is 5.88. The first-order chi connectivity index (χ1) is 9.42. The Kier molecular flexibility index (Phi) is 4.09. The predicted octanol–water partition coefficient (Wildman–Crippen LogP) is 1.96. The third kappa shape index (κ3) is 3.57. The molecule has 1 aliphatic rings. The minimum Gasteiger partial charge on any atom is -0.329 e. The van der Waals surface area contributed by atoms with Crippen LogP contribution in [-0.2, 0) is 9.59 Å². The summed E-state index contributed by atoms with van der Waals surface area (Å²) >= 11 is 0. The quantitative estimate of drug-likeness (QED) is 0.768. The zero-order valence-corrected chi connectivity index (χ0v) is 11.9. The van der Waals surface area contributed by atoms with Crippen LogP contribution in [-0.4, -0.2) is 18.4 Å².